The third-order valence-corrected chi connectivity index (χ3v) is 5.71. The summed E-state index contributed by atoms with van der Waals surface area (Å²) in [6.45, 7) is 3.49. The van der Waals surface area contributed by atoms with Gasteiger partial charge in [0, 0.05) is 5.41 Å². The highest BCUT2D eigenvalue weighted by atomic mass is 19.1. The van der Waals surface area contributed by atoms with Crippen molar-refractivity contribution in [1.29, 1.82) is 0 Å². The Kier molecular flexibility index (Phi) is 2.84. The summed E-state index contributed by atoms with van der Waals surface area (Å²) in [4.78, 5) is 12.7. The van der Waals surface area contributed by atoms with Crippen LogP contribution in [-0.2, 0) is 4.79 Å². The second-order valence-electron chi connectivity index (χ2n) is 7.47. The van der Waals surface area contributed by atoms with E-state index in [1.807, 2.05) is 6.92 Å². The van der Waals surface area contributed by atoms with E-state index in [0.29, 0.717) is 6.42 Å². The van der Waals surface area contributed by atoms with Crippen LogP contribution >= 0.6 is 0 Å². The molecular weight excluding hydrogens is 227 g/mol. The van der Waals surface area contributed by atoms with E-state index in [1.54, 1.807) is 0 Å². The highest BCUT2D eigenvalue weighted by Gasteiger charge is 2.57. The van der Waals surface area contributed by atoms with Gasteiger partial charge < -0.3 is 0 Å². The van der Waals surface area contributed by atoms with Crippen molar-refractivity contribution in [2.45, 2.75) is 70.9 Å². The zero-order valence-corrected chi connectivity index (χ0v) is 11.7. The molecule has 102 valence electrons. The molecule has 4 fully saturated rings. The van der Waals surface area contributed by atoms with E-state index in [4.69, 9.17) is 0 Å². The van der Waals surface area contributed by atoms with Crippen molar-refractivity contribution >= 4 is 5.78 Å². The largest absolute Gasteiger partial charge is 0.295 e. The second-order valence-corrected chi connectivity index (χ2v) is 7.47. The molecule has 18 heavy (non-hydrogen) atoms. The van der Waals surface area contributed by atoms with E-state index in [1.165, 1.54) is 26.2 Å². The van der Waals surface area contributed by atoms with E-state index in [0.717, 1.165) is 43.4 Å². The fourth-order valence-electron chi connectivity index (χ4n) is 5.52. The van der Waals surface area contributed by atoms with Crippen LogP contribution in [0.25, 0.3) is 0 Å². The molecule has 1 nitrogen and oxygen atoms in total. The number of ketones is 1. The zero-order valence-electron chi connectivity index (χ0n) is 11.7. The Morgan fingerprint density at radius 2 is 1.61 bits per heavy atom. The molecule has 0 radical (unpaired) electrons. The first-order valence-electron chi connectivity index (χ1n) is 7.69. The lowest BCUT2D eigenvalue weighted by Gasteiger charge is -2.56. The lowest BCUT2D eigenvalue weighted by Crippen LogP contribution is -2.54. The predicted molar refractivity (Wildman–Crippen MR) is 70.0 cm³/mol. The van der Waals surface area contributed by atoms with Crippen molar-refractivity contribution in [2.24, 2.45) is 23.2 Å². The SMILES string of the molecule is CCCC(C)(F)C(=O)C12CC3CC(CC(C3)C1)C2. The highest BCUT2D eigenvalue weighted by molar-refractivity contribution is 5.92. The molecule has 1 unspecified atom stereocenters. The fourth-order valence-corrected chi connectivity index (χ4v) is 5.52. The molecule has 0 aliphatic heterocycles. The van der Waals surface area contributed by atoms with Gasteiger partial charge in [-0.1, -0.05) is 13.3 Å². The summed E-state index contributed by atoms with van der Waals surface area (Å²) >= 11 is 0. The summed E-state index contributed by atoms with van der Waals surface area (Å²) in [7, 11) is 0. The molecular formula is C16H25FO. The number of halogens is 1. The number of carbonyl (C=O) groups excluding carboxylic acids is 1. The van der Waals surface area contributed by atoms with E-state index in [2.05, 4.69) is 0 Å². The summed E-state index contributed by atoms with van der Waals surface area (Å²) in [6, 6.07) is 0. The third kappa shape index (κ3) is 1.83. The van der Waals surface area contributed by atoms with Crippen LogP contribution in [0.5, 0.6) is 0 Å². The van der Waals surface area contributed by atoms with Crippen molar-refractivity contribution in [2.75, 3.05) is 0 Å². The number of alkyl halides is 1. The molecule has 0 N–H and O–H groups in total. The molecule has 0 spiro atoms. The van der Waals surface area contributed by atoms with Crippen molar-refractivity contribution in [1.82, 2.24) is 0 Å². The maximum Gasteiger partial charge on any atom is 0.175 e. The van der Waals surface area contributed by atoms with Gasteiger partial charge in [-0.25, -0.2) is 4.39 Å². The first kappa shape index (κ1) is 12.6. The minimum Gasteiger partial charge on any atom is -0.295 e. The molecule has 4 aliphatic carbocycles. The lowest BCUT2D eigenvalue weighted by atomic mass is 9.47. The summed E-state index contributed by atoms with van der Waals surface area (Å²) in [6.07, 6.45) is 8.04. The van der Waals surface area contributed by atoms with Gasteiger partial charge >= 0.3 is 0 Å². The van der Waals surface area contributed by atoms with Crippen molar-refractivity contribution in [3.05, 3.63) is 0 Å². The van der Waals surface area contributed by atoms with Gasteiger partial charge in [-0.15, -0.1) is 0 Å². The number of Topliss-reactive ketones (excluding diaryl/α,β-unsaturated/α-hetero) is 1. The van der Waals surface area contributed by atoms with Crippen LogP contribution < -0.4 is 0 Å². The van der Waals surface area contributed by atoms with Crippen molar-refractivity contribution in [3.8, 4) is 0 Å². The predicted octanol–water partition coefficient (Wildman–Crippen LogP) is 4.30. The van der Waals surface area contributed by atoms with Crippen LogP contribution in [0.3, 0.4) is 0 Å². The minimum atomic E-state index is -1.58. The molecule has 4 bridgehead atoms. The first-order valence-corrected chi connectivity index (χ1v) is 7.69. The van der Waals surface area contributed by atoms with Gasteiger partial charge in [0.1, 0.15) is 0 Å². The molecule has 0 aromatic rings. The lowest BCUT2D eigenvalue weighted by molar-refractivity contribution is -0.155. The van der Waals surface area contributed by atoms with Gasteiger partial charge in [-0.05, 0) is 69.6 Å². The summed E-state index contributed by atoms with van der Waals surface area (Å²) in [5.74, 6) is 2.11. The standard InChI is InChI=1S/C16H25FO/c1-3-4-15(2,17)14(18)16-8-11-5-12(9-16)7-13(6-11)10-16/h11-13H,3-10H2,1-2H3. The second kappa shape index (κ2) is 4.05. The number of carbonyl (C=O) groups is 1. The fraction of sp³-hybridized carbons (Fsp3) is 0.938. The van der Waals surface area contributed by atoms with E-state index in [9.17, 15) is 9.18 Å². The average molecular weight is 252 g/mol. The Hall–Kier alpha value is -0.400. The summed E-state index contributed by atoms with van der Waals surface area (Å²) in [5, 5.41) is 0. The van der Waals surface area contributed by atoms with Gasteiger partial charge in [0.05, 0.1) is 0 Å². The Morgan fingerprint density at radius 3 is 2.00 bits per heavy atom. The van der Waals surface area contributed by atoms with Gasteiger partial charge in [-0.3, -0.25) is 4.79 Å². The Labute approximate surface area is 110 Å². The quantitative estimate of drug-likeness (QED) is 0.729. The molecule has 0 aromatic heterocycles. The normalized spacial score (nSPS) is 44.9. The molecule has 4 saturated carbocycles. The van der Waals surface area contributed by atoms with E-state index >= 15 is 0 Å². The molecule has 0 saturated heterocycles. The minimum absolute atomic E-state index is 0.0454. The molecule has 4 rings (SSSR count). The first-order chi connectivity index (χ1) is 8.45. The maximum atomic E-state index is 14.6. The van der Waals surface area contributed by atoms with Gasteiger partial charge in [0.2, 0.25) is 0 Å². The number of hydrogen-bond donors (Lipinski definition) is 0. The molecule has 4 aliphatic rings. The Bertz CT molecular complexity index is 323. The molecule has 2 heteroatoms. The monoisotopic (exact) mass is 252 g/mol. The molecule has 0 heterocycles. The Morgan fingerprint density at radius 1 is 1.17 bits per heavy atom. The van der Waals surface area contributed by atoms with Crippen molar-refractivity contribution < 1.29 is 9.18 Å². The van der Waals surface area contributed by atoms with Crippen LogP contribution in [0.1, 0.15) is 65.2 Å². The van der Waals surface area contributed by atoms with Crippen LogP contribution in [-0.4, -0.2) is 11.5 Å². The summed E-state index contributed by atoms with van der Waals surface area (Å²) < 4.78 is 14.6. The van der Waals surface area contributed by atoms with Gasteiger partial charge in [-0.2, -0.15) is 0 Å². The average Bonchev–Trinajstić information content (AvgIpc) is 2.26. The third-order valence-electron chi connectivity index (χ3n) is 5.71. The summed E-state index contributed by atoms with van der Waals surface area (Å²) in [5.41, 5.74) is -1.85. The van der Waals surface area contributed by atoms with Crippen LogP contribution in [0.2, 0.25) is 0 Å². The Balaban J connectivity index is 1.85. The number of rotatable bonds is 4. The van der Waals surface area contributed by atoms with Crippen LogP contribution in [0.4, 0.5) is 4.39 Å². The van der Waals surface area contributed by atoms with Gasteiger partial charge in [0.15, 0.2) is 11.5 Å². The van der Waals surface area contributed by atoms with E-state index in [-0.39, 0.29) is 11.2 Å². The van der Waals surface area contributed by atoms with Crippen LogP contribution in [0.15, 0.2) is 0 Å². The smallest absolute Gasteiger partial charge is 0.175 e. The topological polar surface area (TPSA) is 17.1 Å². The zero-order chi connectivity index (χ0) is 13.0. The maximum absolute atomic E-state index is 14.6. The molecule has 0 aromatic carbocycles. The highest BCUT2D eigenvalue weighted by Crippen LogP contribution is 2.61. The number of hydrogen-bond acceptors (Lipinski definition) is 1. The van der Waals surface area contributed by atoms with Crippen LogP contribution in [0, 0.1) is 23.2 Å². The molecule has 1 atom stereocenters. The van der Waals surface area contributed by atoms with E-state index < -0.39 is 5.67 Å². The van der Waals surface area contributed by atoms with Crippen molar-refractivity contribution in [3.63, 3.8) is 0 Å². The van der Waals surface area contributed by atoms with Gasteiger partial charge in [0.25, 0.3) is 0 Å². The molecule has 0 amide bonds.